The summed E-state index contributed by atoms with van der Waals surface area (Å²) in [6.45, 7) is 42.3. The molecule has 5 saturated carbocycles. The molecule has 2 N–H and O–H groups in total. The molecule has 11 nitrogen and oxygen atoms in total. The van der Waals surface area contributed by atoms with Gasteiger partial charge in [0.05, 0.1) is 19.0 Å². The number of aromatic nitrogens is 2. The third-order valence-corrected chi connectivity index (χ3v) is 25.9. The van der Waals surface area contributed by atoms with Gasteiger partial charge in [0.15, 0.2) is 5.78 Å². The molecule has 12 atom stereocenters. The van der Waals surface area contributed by atoms with E-state index in [1.54, 1.807) is 0 Å². The van der Waals surface area contributed by atoms with Gasteiger partial charge < -0.3 is 29.5 Å². The first-order valence-electron chi connectivity index (χ1n) is 38.3. The van der Waals surface area contributed by atoms with Crippen molar-refractivity contribution in [2.24, 2.45) is 79.6 Å². The van der Waals surface area contributed by atoms with Gasteiger partial charge in [-0.1, -0.05) is 255 Å². The second-order valence-corrected chi connectivity index (χ2v) is 34.4. The maximum absolute atomic E-state index is 12.7. The first-order chi connectivity index (χ1) is 48.1. The molecule has 8 aliphatic carbocycles. The second kappa shape index (κ2) is 35.8. The molecule has 102 heavy (non-hydrogen) atoms. The van der Waals surface area contributed by atoms with Crippen LogP contribution in [-0.2, 0) is 63.9 Å². The number of nitrogens with zero attached hydrogens (tertiary/aromatic N) is 4. The van der Waals surface area contributed by atoms with Crippen LogP contribution in [0.5, 0.6) is 0 Å². The molecule has 2 heterocycles. The number of fused-ring (bicyclic) bond motifs is 6. The molecule has 12 heteroatoms. The Hall–Kier alpha value is -6.05. The number of rotatable bonds is 10. The standard InChI is InChI=1S/2C22H29NO.C22H27NO.C14H19NO2.C7H9N.CH3O.2CH4.Na.H2/c1-21(2)19-12-11-17(10-9-16-7-5-4-6-8-16)13-22(19,3)14-18-15-23-24-20(18)21;2*1-21(2)19-13-12-17(11-10-16-8-6-5-7-9-16)14-22(19,3)15-18(23-4)20(21)24;1-13(2)11-5-4-10(16)7-14(11,3)6-9-8-15-17-12(9)13;8-6-7-4-2-1-3-5-7;1-2;;;;/h4-8,15,17,19H,9-14H2,1-3H3;5-9,17-19H,10-15H2,1-3H3;5-9,15,17,19H,10-14H2,1-3H3;8,11H,4-7H2,1-3H3;1-5H,6,8H2;1H3;2*1H4;;1H/q;;;;;-1;;;+1;/t17-,19-,22-;17-,18?,19-,22-;17-,19-,22-;11-,14+;;;;;;/m0000....../s1/i;;;;;;;;;1+1D. The van der Waals surface area contributed by atoms with Crippen LogP contribution in [0.2, 0.25) is 0 Å². The molecule has 8 aliphatic rings. The Morgan fingerprint density at radius 3 is 1.31 bits per heavy atom. The van der Waals surface area contributed by atoms with Crippen LogP contribution in [0.3, 0.4) is 0 Å². The molecule has 6 aromatic rings. The number of ketones is 3. The van der Waals surface area contributed by atoms with Crippen LogP contribution in [0.25, 0.3) is 9.69 Å². The molecule has 4 aromatic carbocycles. The molecular formula is C90H126N5NaO6. The smallest absolute Gasteiger partial charge is 0.857 e. The number of allylic oxidation sites excluding steroid dienone is 2. The monoisotopic (exact) mass is 1400 g/mol. The van der Waals surface area contributed by atoms with Crippen molar-refractivity contribution in [3.05, 3.63) is 213 Å². The van der Waals surface area contributed by atoms with Gasteiger partial charge >= 0.3 is 29.6 Å². The minimum absolute atomic E-state index is 0. The van der Waals surface area contributed by atoms with E-state index in [2.05, 4.69) is 180 Å². The second-order valence-electron chi connectivity index (χ2n) is 34.4. The topological polar surface area (TPSA) is 161 Å². The molecule has 0 spiro atoms. The van der Waals surface area contributed by atoms with Gasteiger partial charge in [-0.15, -0.1) is 0 Å². The summed E-state index contributed by atoms with van der Waals surface area (Å²) in [5.74, 6) is 7.10. The number of carbonyl (C=O) groups excluding carboxylic acids is 3. The van der Waals surface area contributed by atoms with Crippen molar-refractivity contribution < 1.29 is 61.1 Å². The maximum atomic E-state index is 12.7. The van der Waals surface area contributed by atoms with Crippen LogP contribution in [-0.4, -0.2) is 40.8 Å². The van der Waals surface area contributed by atoms with Crippen LogP contribution in [0.15, 0.2) is 155 Å². The Bertz CT molecular complexity index is 3780. The third-order valence-electron chi connectivity index (χ3n) is 25.9. The molecule has 548 valence electrons. The zero-order valence-corrected chi connectivity index (χ0v) is 65.3. The summed E-state index contributed by atoms with van der Waals surface area (Å²) in [5, 5.41) is 16.3. The van der Waals surface area contributed by atoms with Gasteiger partial charge in [0.25, 0.3) is 6.04 Å². The number of benzene rings is 4. The Labute approximate surface area is 640 Å². The van der Waals surface area contributed by atoms with Crippen LogP contribution in [0, 0.1) is 87.1 Å². The van der Waals surface area contributed by atoms with Crippen molar-refractivity contribution in [2.75, 3.05) is 7.11 Å². The summed E-state index contributed by atoms with van der Waals surface area (Å²) >= 11 is 0. The molecule has 14 rings (SSSR count). The number of Topliss-reactive ketones (excluding diaryl/α,β-unsaturated/α-hetero) is 3. The quantitative estimate of drug-likeness (QED) is 0.104. The van der Waals surface area contributed by atoms with E-state index in [0.29, 0.717) is 59.5 Å². The van der Waals surface area contributed by atoms with E-state index in [1.807, 2.05) is 62.6 Å². The van der Waals surface area contributed by atoms with Crippen molar-refractivity contribution in [1.29, 1.82) is 0 Å². The molecular weight excluding hydrogens is 1270 g/mol. The Morgan fingerprint density at radius 2 is 0.892 bits per heavy atom. The Morgan fingerprint density at radius 1 is 0.500 bits per heavy atom. The van der Waals surface area contributed by atoms with E-state index >= 15 is 0 Å². The van der Waals surface area contributed by atoms with Gasteiger partial charge in [0.1, 0.15) is 17.3 Å². The van der Waals surface area contributed by atoms with Crippen LogP contribution in [0.4, 0.5) is 0 Å². The van der Waals surface area contributed by atoms with Crippen molar-refractivity contribution >= 4 is 17.3 Å². The normalized spacial score (nSPS) is 29.8. The van der Waals surface area contributed by atoms with Gasteiger partial charge in [0, 0.05) is 61.6 Å². The maximum Gasteiger partial charge on any atom is 1.00 e. The van der Waals surface area contributed by atoms with E-state index in [1.165, 1.54) is 97.6 Å². The summed E-state index contributed by atoms with van der Waals surface area (Å²) in [4.78, 5) is 44.2. The van der Waals surface area contributed by atoms with Crippen molar-refractivity contribution in [3.8, 4) is 0 Å². The number of carbonyl (C=O) groups is 3. The summed E-state index contributed by atoms with van der Waals surface area (Å²) < 4.78 is 21.1. The SMILES string of the molecule is C.C.CC1(C)c2oncc2C[C@]2(C)CC(=O)CC[C@@H]12.CC1(C)c2oncc2C[C@]2(C)C[C@@H](CCc3ccccc3)CC[C@@H]12.C[O-].NCc1ccccc1.[2H][2H].[C-]#[N+]C1=C[C@]2(C)C[C@@H](CCc3ccccc3)CC[C@H]2C(C)(C)C1=O.[C-]#[N+]C1C[C@]2(C)C[C@@H](CCc3ccccc3)CC[C@H]2C(C)(C)C1=O.[Na+]. The summed E-state index contributed by atoms with van der Waals surface area (Å²) in [7, 11) is 0.750. The van der Waals surface area contributed by atoms with Crippen LogP contribution < -0.4 is 40.4 Å². The largest absolute Gasteiger partial charge is 1.00 e. The van der Waals surface area contributed by atoms with Gasteiger partial charge in [-0.05, 0) is 182 Å². The predicted octanol–water partition coefficient (Wildman–Crippen LogP) is 17.9. The molecule has 0 aliphatic heterocycles. The van der Waals surface area contributed by atoms with E-state index in [-0.39, 0.29) is 88.5 Å². The first-order valence-corrected chi connectivity index (χ1v) is 37.3. The van der Waals surface area contributed by atoms with Gasteiger partial charge in [-0.25, -0.2) is 11.4 Å². The zero-order valence-electron chi connectivity index (χ0n) is 65.3. The molecule has 0 saturated heterocycles. The van der Waals surface area contributed by atoms with Crippen molar-refractivity contribution in [3.63, 3.8) is 0 Å². The van der Waals surface area contributed by atoms with Crippen molar-refractivity contribution in [1.82, 2.24) is 10.3 Å². The predicted molar refractivity (Wildman–Crippen MR) is 411 cm³/mol. The molecule has 0 amide bonds. The molecule has 1 unspecified atom stereocenters. The summed E-state index contributed by atoms with van der Waals surface area (Å²) in [5.41, 5.74) is 13.7. The number of aryl methyl sites for hydroxylation is 3. The van der Waals surface area contributed by atoms with E-state index in [4.69, 9.17) is 36.0 Å². The summed E-state index contributed by atoms with van der Waals surface area (Å²) in [6, 6.07) is 41.9. The number of nitrogens with two attached hydrogens (primary N) is 1. The van der Waals surface area contributed by atoms with Crippen molar-refractivity contribution in [2.45, 2.75) is 256 Å². The van der Waals surface area contributed by atoms with Crippen LogP contribution >= 0.6 is 0 Å². The average Bonchev–Trinajstić information content (AvgIpc) is 1.17. The van der Waals surface area contributed by atoms with E-state index in [0.717, 1.165) is 94.7 Å². The fourth-order valence-electron chi connectivity index (χ4n) is 21.5. The summed E-state index contributed by atoms with van der Waals surface area (Å²) in [6.07, 6.45) is 29.3. The molecule has 2 aromatic heterocycles. The van der Waals surface area contributed by atoms with Gasteiger partial charge in [-0.3, -0.25) is 9.59 Å². The molecule has 0 bridgehead atoms. The zero-order chi connectivity index (χ0) is 73.6. The molecule has 5 fully saturated rings. The third kappa shape index (κ3) is 19.0. The van der Waals surface area contributed by atoms with Crippen LogP contribution in [0.1, 0.15) is 249 Å². The molecule has 0 radical (unpaired) electrons. The average molecular weight is 1400 g/mol. The minimum atomic E-state index is -0.422. The Balaban J connectivity index is 0.000000236. The van der Waals surface area contributed by atoms with Gasteiger partial charge in [0.2, 0.25) is 11.5 Å². The number of hydrogen-bond donors (Lipinski definition) is 1. The van der Waals surface area contributed by atoms with E-state index in [9.17, 15) is 14.4 Å². The Kier molecular flexibility index (Phi) is 29.2. The fourth-order valence-corrected chi connectivity index (χ4v) is 21.5. The number of hydrogen-bond acceptors (Lipinski definition) is 9. The van der Waals surface area contributed by atoms with E-state index < -0.39 is 11.5 Å². The first kappa shape index (κ1) is 83.2. The minimum Gasteiger partial charge on any atom is -0.857 e. The fraction of sp³-hybridized carbons (Fsp3) is 0.589. The van der Waals surface area contributed by atoms with Gasteiger partial charge in [-0.2, -0.15) is 7.11 Å².